The van der Waals surface area contributed by atoms with E-state index in [1.165, 1.54) is 6.42 Å². The largest absolute Gasteiger partial charge is 0.480 e. The lowest BCUT2D eigenvalue weighted by atomic mass is 10.1. The van der Waals surface area contributed by atoms with Crippen LogP contribution in [0.3, 0.4) is 0 Å². The van der Waals surface area contributed by atoms with Crippen molar-refractivity contribution in [1.29, 1.82) is 0 Å². The van der Waals surface area contributed by atoms with Gasteiger partial charge in [0.05, 0.1) is 6.10 Å². The van der Waals surface area contributed by atoms with Crippen LogP contribution in [-0.4, -0.2) is 35.1 Å². The Balaban J connectivity index is 2.09. The average molecular weight is 356 g/mol. The Morgan fingerprint density at radius 2 is 1.95 bits per heavy atom. The minimum Gasteiger partial charge on any atom is -0.480 e. The molecule has 0 aromatic heterocycles. The molecule has 0 aliphatic carbocycles. The number of benzene rings is 1. The van der Waals surface area contributed by atoms with Gasteiger partial charge in [0.1, 0.15) is 5.75 Å². The first-order chi connectivity index (χ1) is 9.99. The van der Waals surface area contributed by atoms with Gasteiger partial charge in [-0.2, -0.15) is 0 Å². The third kappa shape index (κ3) is 4.20. The van der Waals surface area contributed by atoms with Crippen LogP contribution in [0.2, 0.25) is 0 Å². The molecule has 5 heteroatoms. The van der Waals surface area contributed by atoms with Crippen molar-refractivity contribution in [3.63, 3.8) is 0 Å². The molecule has 1 heterocycles. The Bertz CT molecular complexity index is 498. The fourth-order valence-corrected chi connectivity index (χ4v) is 2.91. The number of nitrogens with zero attached hydrogens (tertiary/aromatic N) is 1. The van der Waals surface area contributed by atoms with E-state index in [2.05, 4.69) is 15.9 Å². The first-order valence-electron chi connectivity index (χ1n) is 7.42. The van der Waals surface area contributed by atoms with Gasteiger partial charge in [0, 0.05) is 23.1 Å². The Morgan fingerprint density at radius 1 is 1.29 bits per heavy atom. The lowest BCUT2D eigenvalue weighted by Crippen LogP contribution is -2.43. The number of likely N-dealkylation sites (tertiary alicyclic amines) is 1. The molecule has 1 unspecified atom stereocenters. The number of hydrogen-bond acceptors (Lipinski definition) is 3. The highest BCUT2D eigenvalue weighted by molar-refractivity contribution is 9.10. The summed E-state index contributed by atoms with van der Waals surface area (Å²) in [7, 11) is 0. The van der Waals surface area contributed by atoms with Crippen LogP contribution in [0, 0.1) is 0 Å². The van der Waals surface area contributed by atoms with Gasteiger partial charge >= 0.3 is 0 Å². The number of aliphatic hydroxyl groups is 1. The van der Waals surface area contributed by atoms with E-state index in [1.807, 2.05) is 17.0 Å². The minimum atomic E-state index is -0.634. The monoisotopic (exact) mass is 355 g/mol. The van der Waals surface area contributed by atoms with Crippen molar-refractivity contribution in [2.45, 2.75) is 45.3 Å². The quantitative estimate of drug-likeness (QED) is 0.901. The van der Waals surface area contributed by atoms with Gasteiger partial charge in [-0.3, -0.25) is 4.79 Å². The number of aliphatic hydroxyl groups excluding tert-OH is 1. The van der Waals surface area contributed by atoms with E-state index in [1.54, 1.807) is 19.9 Å². The molecule has 1 aliphatic heterocycles. The molecule has 2 rings (SSSR count). The Hall–Kier alpha value is -1.07. The smallest absolute Gasteiger partial charge is 0.263 e. The zero-order chi connectivity index (χ0) is 15.4. The van der Waals surface area contributed by atoms with Crippen molar-refractivity contribution in [3.8, 4) is 5.75 Å². The van der Waals surface area contributed by atoms with Gasteiger partial charge in [0.25, 0.3) is 5.91 Å². The summed E-state index contributed by atoms with van der Waals surface area (Å²) in [6, 6.07) is 5.45. The van der Waals surface area contributed by atoms with Gasteiger partial charge in [-0.1, -0.05) is 22.0 Å². The number of ether oxygens (including phenoxy) is 1. The van der Waals surface area contributed by atoms with E-state index in [0.29, 0.717) is 11.3 Å². The topological polar surface area (TPSA) is 49.8 Å². The summed E-state index contributed by atoms with van der Waals surface area (Å²) in [5, 5.41) is 9.80. The lowest BCUT2D eigenvalue weighted by Gasteiger charge is -2.29. The van der Waals surface area contributed by atoms with E-state index in [-0.39, 0.29) is 5.91 Å². The summed E-state index contributed by atoms with van der Waals surface area (Å²) in [4.78, 5) is 14.3. The summed E-state index contributed by atoms with van der Waals surface area (Å²) in [6.07, 6.45) is 2.14. The summed E-state index contributed by atoms with van der Waals surface area (Å²) in [6.45, 7) is 5.08. The van der Waals surface area contributed by atoms with Crippen LogP contribution in [-0.2, 0) is 4.79 Å². The highest BCUT2D eigenvalue weighted by atomic mass is 79.9. The maximum Gasteiger partial charge on any atom is 0.263 e. The second kappa shape index (κ2) is 7.27. The third-order valence-corrected chi connectivity index (χ3v) is 4.24. The summed E-state index contributed by atoms with van der Waals surface area (Å²) in [5.41, 5.74) is 0.691. The van der Waals surface area contributed by atoms with E-state index in [4.69, 9.17) is 4.74 Å². The number of piperidine rings is 1. The average Bonchev–Trinajstić information content (AvgIpc) is 2.47. The van der Waals surface area contributed by atoms with Gasteiger partial charge < -0.3 is 14.7 Å². The molecule has 1 N–H and O–H groups in total. The number of carbonyl (C=O) groups is 1. The van der Waals surface area contributed by atoms with Gasteiger partial charge in [0.2, 0.25) is 0 Å². The fourth-order valence-electron chi connectivity index (χ4n) is 2.57. The second-order valence-corrected chi connectivity index (χ2v) is 6.42. The highest BCUT2D eigenvalue weighted by Crippen LogP contribution is 2.29. The van der Waals surface area contributed by atoms with Crippen LogP contribution >= 0.6 is 15.9 Å². The van der Waals surface area contributed by atoms with Crippen molar-refractivity contribution in [2.75, 3.05) is 13.1 Å². The zero-order valence-electron chi connectivity index (χ0n) is 12.5. The van der Waals surface area contributed by atoms with E-state index in [0.717, 1.165) is 30.4 Å². The van der Waals surface area contributed by atoms with Gasteiger partial charge in [-0.25, -0.2) is 0 Å². The predicted molar refractivity (Wildman–Crippen MR) is 85.3 cm³/mol. The molecule has 0 saturated carbocycles. The number of rotatable bonds is 4. The Kier molecular flexibility index (Phi) is 5.65. The maximum atomic E-state index is 12.4. The molecule has 1 saturated heterocycles. The lowest BCUT2D eigenvalue weighted by molar-refractivity contribution is -0.138. The zero-order valence-corrected chi connectivity index (χ0v) is 14.1. The predicted octanol–water partition coefficient (Wildman–Crippen LogP) is 3.28. The van der Waals surface area contributed by atoms with Crippen molar-refractivity contribution in [3.05, 3.63) is 28.2 Å². The fraction of sp³-hybridized carbons (Fsp3) is 0.562. The molecule has 0 radical (unpaired) electrons. The number of carbonyl (C=O) groups excluding carboxylic acids is 1. The van der Waals surface area contributed by atoms with Crippen LogP contribution in [0.25, 0.3) is 0 Å². The molecule has 1 fully saturated rings. The van der Waals surface area contributed by atoms with Gasteiger partial charge in [-0.05, 0) is 45.2 Å². The third-order valence-electron chi connectivity index (χ3n) is 3.74. The number of hydrogen-bond donors (Lipinski definition) is 1. The van der Waals surface area contributed by atoms with Crippen LogP contribution in [0.5, 0.6) is 5.75 Å². The molecule has 0 bridgehead atoms. The van der Waals surface area contributed by atoms with E-state index < -0.39 is 12.2 Å². The normalized spacial score (nSPS) is 18.2. The summed E-state index contributed by atoms with van der Waals surface area (Å²) < 4.78 is 6.68. The highest BCUT2D eigenvalue weighted by Gasteiger charge is 2.24. The molecule has 1 amide bonds. The van der Waals surface area contributed by atoms with Crippen LogP contribution in [0.15, 0.2) is 22.7 Å². The van der Waals surface area contributed by atoms with E-state index in [9.17, 15) is 9.90 Å². The minimum absolute atomic E-state index is 0.0196. The van der Waals surface area contributed by atoms with E-state index >= 15 is 0 Å². The molecule has 4 nitrogen and oxygen atoms in total. The number of halogens is 1. The van der Waals surface area contributed by atoms with Crippen LogP contribution < -0.4 is 4.74 Å². The molecular formula is C16H22BrNO3. The molecule has 2 atom stereocenters. The summed E-state index contributed by atoms with van der Waals surface area (Å²) in [5.74, 6) is 0.573. The van der Waals surface area contributed by atoms with Crippen molar-refractivity contribution in [2.24, 2.45) is 0 Å². The van der Waals surface area contributed by atoms with Gasteiger partial charge in [0.15, 0.2) is 6.10 Å². The molecule has 1 aliphatic rings. The van der Waals surface area contributed by atoms with Crippen molar-refractivity contribution in [1.82, 2.24) is 4.90 Å². The maximum absolute atomic E-state index is 12.4. The SMILES string of the molecule is CC(Oc1cc(Br)ccc1[C@H](C)O)C(=O)N1CCCCC1. The van der Waals surface area contributed by atoms with Crippen LogP contribution in [0.1, 0.15) is 44.8 Å². The van der Waals surface area contributed by atoms with Gasteiger partial charge in [-0.15, -0.1) is 0 Å². The number of amides is 1. The van der Waals surface area contributed by atoms with Crippen LogP contribution in [0.4, 0.5) is 0 Å². The Labute approximate surface area is 134 Å². The van der Waals surface area contributed by atoms with Crippen molar-refractivity contribution >= 4 is 21.8 Å². The second-order valence-electron chi connectivity index (χ2n) is 5.50. The molecular weight excluding hydrogens is 334 g/mol. The molecule has 1 aromatic rings. The molecule has 21 heavy (non-hydrogen) atoms. The first kappa shape index (κ1) is 16.3. The first-order valence-corrected chi connectivity index (χ1v) is 8.21. The molecule has 1 aromatic carbocycles. The molecule has 116 valence electrons. The Morgan fingerprint density at radius 3 is 2.57 bits per heavy atom. The molecule has 0 spiro atoms. The standard InChI is InChI=1S/C16H22BrNO3/c1-11(19)14-7-6-13(17)10-15(14)21-12(2)16(20)18-8-4-3-5-9-18/h6-7,10-12,19H,3-5,8-9H2,1-2H3/t11-,12?/m0/s1. The van der Waals surface area contributed by atoms with Crippen molar-refractivity contribution < 1.29 is 14.6 Å². The summed E-state index contributed by atoms with van der Waals surface area (Å²) >= 11 is 3.39.